The highest BCUT2D eigenvalue weighted by Gasteiger charge is 2.32. The lowest BCUT2D eigenvalue weighted by atomic mass is 10.1. The van der Waals surface area contributed by atoms with Crippen LogP contribution in [0.3, 0.4) is 0 Å². The van der Waals surface area contributed by atoms with Crippen LogP contribution < -0.4 is 16.4 Å². The van der Waals surface area contributed by atoms with Crippen LogP contribution >= 0.6 is 12.4 Å². The van der Waals surface area contributed by atoms with E-state index in [4.69, 9.17) is 11.5 Å². The Morgan fingerprint density at radius 3 is 2.11 bits per heavy atom. The quantitative estimate of drug-likeness (QED) is 0.795. The van der Waals surface area contributed by atoms with E-state index in [-0.39, 0.29) is 23.8 Å². The van der Waals surface area contributed by atoms with Gasteiger partial charge in [0.25, 0.3) is 0 Å². The summed E-state index contributed by atoms with van der Waals surface area (Å²) in [6.07, 6.45) is 0. The van der Waals surface area contributed by atoms with E-state index in [0.29, 0.717) is 5.96 Å². The molecule has 1 aliphatic rings. The van der Waals surface area contributed by atoms with E-state index in [1.165, 1.54) is 5.56 Å². The number of benzene rings is 1. The van der Waals surface area contributed by atoms with E-state index in [2.05, 4.69) is 9.98 Å². The molecule has 1 aliphatic heterocycles. The number of halogens is 1. The average molecular weight is 286 g/mol. The zero-order valence-electron chi connectivity index (χ0n) is 11.2. The van der Waals surface area contributed by atoms with Crippen molar-refractivity contribution in [2.24, 2.45) is 21.5 Å². The van der Waals surface area contributed by atoms with E-state index in [9.17, 15) is 0 Å². The summed E-state index contributed by atoms with van der Waals surface area (Å²) in [4.78, 5) is 10.2. The van der Waals surface area contributed by atoms with Gasteiger partial charge in [-0.15, -0.1) is 12.4 Å². The Morgan fingerprint density at radius 2 is 1.63 bits per heavy atom. The van der Waals surface area contributed by atoms with Crippen molar-refractivity contribution in [1.82, 2.24) is 0 Å². The van der Waals surface area contributed by atoms with Gasteiger partial charge in [-0.3, -0.25) is 4.90 Å². The number of guanidine groups is 2. The molecule has 106 valence electrons. The van der Waals surface area contributed by atoms with Gasteiger partial charge >= 0.3 is 0 Å². The molecule has 0 amide bonds. The maximum Gasteiger partial charge on any atom is 0.220 e. The van der Waals surface area contributed by atoms with Gasteiger partial charge in [-0.25, -0.2) is 4.99 Å². The van der Waals surface area contributed by atoms with E-state index >= 15 is 0 Å². The molecule has 1 aromatic rings. The molecule has 0 fully saturated rings. The van der Waals surface area contributed by atoms with E-state index < -0.39 is 5.66 Å². The molecule has 1 aromatic carbocycles. The molecule has 0 radical (unpaired) electrons. The topological polar surface area (TPSA) is 112 Å². The highest BCUT2D eigenvalue weighted by Crippen LogP contribution is 2.27. The summed E-state index contributed by atoms with van der Waals surface area (Å²) < 4.78 is 0. The minimum Gasteiger partial charge on any atom is -0.412 e. The molecule has 0 saturated heterocycles. The van der Waals surface area contributed by atoms with Crippen molar-refractivity contribution in [3.63, 3.8) is 0 Å². The molecule has 2 rings (SSSR count). The summed E-state index contributed by atoms with van der Waals surface area (Å²) >= 11 is 0. The number of hydrogen-bond acceptors (Lipinski definition) is 5. The molecule has 0 aliphatic carbocycles. The zero-order chi connectivity index (χ0) is 12.6. The number of rotatable bonds is 1. The molecule has 7 heteroatoms. The van der Waals surface area contributed by atoms with Crippen molar-refractivity contribution in [3.05, 3.63) is 29.8 Å². The van der Waals surface area contributed by atoms with Crippen LogP contribution in [0.2, 0.25) is 0 Å². The molecular weight excluding hydrogens is 266 g/mol. The largest absolute Gasteiger partial charge is 0.412 e. The van der Waals surface area contributed by atoms with Crippen molar-refractivity contribution >= 4 is 30.0 Å². The first-order valence-corrected chi connectivity index (χ1v) is 5.46. The summed E-state index contributed by atoms with van der Waals surface area (Å²) in [5.74, 6) is 0.585. The Balaban J connectivity index is 0.00000162. The Kier molecular flexibility index (Phi) is 5.34. The van der Waals surface area contributed by atoms with Gasteiger partial charge in [0.2, 0.25) is 11.9 Å². The van der Waals surface area contributed by atoms with Gasteiger partial charge in [0, 0.05) is 5.69 Å². The summed E-state index contributed by atoms with van der Waals surface area (Å²) in [5, 5.41) is 0. The van der Waals surface area contributed by atoms with Gasteiger partial charge < -0.3 is 16.9 Å². The van der Waals surface area contributed by atoms with Crippen LogP contribution in [0, 0.1) is 6.92 Å². The molecular formula is C12H20ClN5O. The van der Waals surface area contributed by atoms with E-state index in [0.717, 1.165) is 5.69 Å². The molecule has 19 heavy (non-hydrogen) atoms. The van der Waals surface area contributed by atoms with E-state index in [1.807, 2.05) is 49.9 Å². The van der Waals surface area contributed by atoms with Crippen molar-refractivity contribution in [3.8, 4) is 0 Å². The van der Waals surface area contributed by atoms with Crippen molar-refractivity contribution in [1.29, 1.82) is 0 Å². The molecule has 0 saturated carbocycles. The highest BCUT2D eigenvalue weighted by atomic mass is 35.5. The number of anilines is 1. The standard InChI is InChI=1S/C12H17N5.ClH.H2O/c1-8-4-6-9(7-5-8)17-11(14)15-10(13)16-12(17,2)3;;/h4-7H,1-3H3,(H4,13,14,15,16);1H;1H2. The summed E-state index contributed by atoms with van der Waals surface area (Å²) in [6.45, 7) is 5.93. The van der Waals surface area contributed by atoms with Crippen LogP contribution in [0.5, 0.6) is 0 Å². The normalized spacial score (nSPS) is 16.7. The van der Waals surface area contributed by atoms with Crippen molar-refractivity contribution in [2.45, 2.75) is 26.4 Å². The van der Waals surface area contributed by atoms with Gasteiger partial charge in [-0.05, 0) is 32.9 Å². The predicted molar refractivity (Wildman–Crippen MR) is 81.8 cm³/mol. The number of aliphatic imine (C=N–C) groups is 2. The Labute approximate surface area is 118 Å². The minimum atomic E-state index is -0.523. The second-order valence-electron chi connectivity index (χ2n) is 4.61. The van der Waals surface area contributed by atoms with Gasteiger partial charge in [-0.1, -0.05) is 17.7 Å². The lowest BCUT2D eigenvalue weighted by molar-refractivity contribution is 0.534. The van der Waals surface area contributed by atoms with Crippen LogP contribution in [0.15, 0.2) is 34.3 Å². The molecule has 0 atom stereocenters. The fourth-order valence-corrected chi connectivity index (χ4v) is 1.95. The third-order valence-corrected chi connectivity index (χ3v) is 2.69. The number of aryl methyl sites for hydroxylation is 1. The van der Waals surface area contributed by atoms with Crippen LogP contribution in [0.25, 0.3) is 0 Å². The SMILES string of the molecule is Cc1ccc(N2C(N)=NC(N)=NC2(C)C)cc1.Cl.O. The summed E-state index contributed by atoms with van der Waals surface area (Å²) in [5.41, 5.74) is 13.2. The molecule has 0 unspecified atom stereocenters. The maximum absolute atomic E-state index is 5.93. The second-order valence-corrected chi connectivity index (χ2v) is 4.61. The van der Waals surface area contributed by atoms with Crippen LogP contribution in [0.1, 0.15) is 19.4 Å². The lowest BCUT2D eigenvalue weighted by Gasteiger charge is -2.38. The first-order valence-electron chi connectivity index (χ1n) is 5.46. The maximum atomic E-state index is 5.93. The van der Waals surface area contributed by atoms with Crippen molar-refractivity contribution in [2.75, 3.05) is 4.90 Å². The first-order chi connectivity index (χ1) is 7.90. The molecule has 6 N–H and O–H groups in total. The lowest BCUT2D eigenvalue weighted by Crippen LogP contribution is -2.54. The monoisotopic (exact) mass is 285 g/mol. The predicted octanol–water partition coefficient (Wildman–Crippen LogP) is 0.778. The molecule has 0 spiro atoms. The second kappa shape index (κ2) is 5.90. The first kappa shape index (κ1) is 17.2. The molecule has 0 bridgehead atoms. The highest BCUT2D eigenvalue weighted by molar-refractivity contribution is 6.05. The Morgan fingerprint density at radius 1 is 1.11 bits per heavy atom. The van der Waals surface area contributed by atoms with Crippen LogP contribution in [-0.2, 0) is 0 Å². The van der Waals surface area contributed by atoms with E-state index in [1.54, 1.807) is 0 Å². The Bertz CT molecular complexity index is 495. The average Bonchev–Trinajstić information content (AvgIpc) is 2.18. The van der Waals surface area contributed by atoms with Gasteiger partial charge in [-0.2, -0.15) is 4.99 Å². The number of hydrogen-bond donors (Lipinski definition) is 2. The fraction of sp³-hybridized carbons (Fsp3) is 0.333. The molecule has 0 aromatic heterocycles. The molecule has 6 nitrogen and oxygen atoms in total. The number of nitrogens with zero attached hydrogens (tertiary/aromatic N) is 3. The third kappa shape index (κ3) is 3.36. The fourth-order valence-electron chi connectivity index (χ4n) is 1.95. The van der Waals surface area contributed by atoms with Crippen LogP contribution in [-0.4, -0.2) is 23.1 Å². The number of nitrogens with two attached hydrogens (primary N) is 2. The smallest absolute Gasteiger partial charge is 0.220 e. The van der Waals surface area contributed by atoms with Crippen LogP contribution in [0.4, 0.5) is 5.69 Å². The zero-order valence-corrected chi connectivity index (χ0v) is 12.0. The summed E-state index contributed by atoms with van der Waals surface area (Å²) in [7, 11) is 0. The molecule has 1 heterocycles. The Hall–Kier alpha value is -1.79. The van der Waals surface area contributed by atoms with Gasteiger partial charge in [0.15, 0.2) is 0 Å². The third-order valence-electron chi connectivity index (χ3n) is 2.69. The minimum absolute atomic E-state index is 0. The van der Waals surface area contributed by atoms with Gasteiger partial charge in [0.1, 0.15) is 5.66 Å². The van der Waals surface area contributed by atoms with Gasteiger partial charge in [0.05, 0.1) is 0 Å². The van der Waals surface area contributed by atoms with Crippen molar-refractivity contribution < 1.29 is 5.48 Å². The summed E-state index contributed by atoms with van der Waals surface area (Å²) in [6, 6.07) is 8.05.